The highest BCUT2D eigenvalue weighted by atomic mass is 32.1. The van der Waals surface area contributed by atoms with Crippen LogP contribution >= 0.6 is 11.3 Å². The predicted octanol–water partition coefficient (Wildman–Crippen LogP) is 3.38. The molecule has 3 heterocycles. The van der Waals surface area contributed by atoms with Gasteiger partial charge in [-0.15, -0.1) is 11.3 Å². The lowest BCUT2D eigenvalue weighted by Gasteiger charge is -1.98. The quantitative estimate of drug-likeness (QED) is 0.586. The van der Waals surface area contributed by atoms with Crippen molar-refractivity contribution in [2.24, 2.45) is 0 Å². The number of halogens is 1. The summed E-state index contributed by atoms with van der Waals surface area (Å²) < 4.78 is 14.9. The first-order chi connectivity index (χ1) is 10.1. The molecule has 0 aliphatic heterocycles. The summed E-state index contributed by atoms with van der Waals surface area (Å²) in [5, 5.41) is 6.04. The molecule has 0 spiro atoms. The van der Waals surface area contributed by atoms with Crippen LogP contribution in [-0.2, 0) is 0 Å². The maximum atomic E-state index is 13.5. The van der Waals surface area contributed by atoms with Crippen LogP contribution in [-0.4, -0.2) is 14.8 Å². The van der Waals surface area contributed by atoms with Gasteiger partial charge in [0.15, 0.2) is 0 Å². The summed E-state index contributed by atoms with van der Waals surface area (Å²) in [6.07, 6.45) is 1.53. The Morgan fingerprint density at radius 3 is 2.90 bits per heavy atom. The average Bonchev–Trinajstić information content (AvgIpc) is 3.03. The van der Waals surface area contributed by atoms with Gasteiger partial charge < -0.3 is 0 Å². The van der Waals surface area contributed by atoms with Crippen molar-refractivity contribution in [2.75, 3.05) is 0 Å². The van der Waals surface area contributed by atoms with Crippen LogP contribution in [0.25, 0.3) is 27.5 Å². The molecule has 6 heteroatoms. The van der Waals surface area contributed by atoms with E-state index in [-0.39, 0.29) is 11.4 Å². The molecule has 3 aromatic heterocycles. The van der Waals surface area contributed by atoms with Crippen molar-refractivity contribution >= 4 is 33.1 Å². The Morgan fingerprint density at radius 2 is 2.14 bits per heavy atom. The highest BCUT2D eigenvalue weighted by Crippen LogP contribution is 2.23. The molecular formula is C15H10FN3OS. The summed E-state index contributed by atoms with van der Waals surface area (Å²) in [6, 6.07) is 6.29. The Morgan fingerprint density at radius 1 is 1.29 bits per heavy atom. The Hall–Kier alpha value is -2.47. The normalized spacial score (nSPS) is 11.5. The fourth-order valence-corrected chi connectivity index (χ4v) is 3.13. The van der Waals surface area contributed by atoms with Crippen LogP contribution < -0.4 is 5.56 Å². The molecule has 4 aromatic rings. The Balaban J connectivity index is 2.12. The van der Waals surface area contributed by atoms with E-state index in [0.717, 1.165) is 10.6 Å². The van der Waals surface area contributed by atoms with E-state index in [1.807, 2.05) is 18.4 Å². The minimum atomic E-state index is -0.350. The summed E-state index contributed by atoms with van der Waals surface area (Å²) >= 11 is 1.57. The number of pyridine rings is 1. The molecule has 4 rings (SSSR count). The lowest BCUT2D eigenvalue weighted by molar-refractivity contribution is 0.629. The van der Waals surface area contributed by atoms with Gasteiger partial charge in [0.05, 0.1) is 22.1 Å². The number of H-pyrrole nitrogens is 1. The molecule has 0 saturated carbocycles. The van der Waals surface area contributed by atoms with Gasteiger partial charge in [-0.1, -0.05) is 0 Å². The molecule has 0 atom stereocenters. The van der Waals surface area contributed by atoms with Crippen LogP contribution in [0.3, 0.4) is 0 Å². The molecule has 0 bridgehead atoms. The molecule has 1 N–H and O–H groups in total. The van der Waals surface area contributed by atoms with Gasteiger partial charge in [-0.25, -0.2) is 9.07 Å². The van der Waals surface area contributed by atoms with Gasteiger partial charge in [0.25, 0.3) is 5.56 Å². The van der Waals surface area contributed by atoms with Crippen LogP contribution in [0, 0.1) is 12.7 Å². The summed E-state index contributed by atoms with van der Waals surface area (Å²) in [4.78, 5) is 17.8. The molecule has 104 valence electrons. The van der Waals surface area contributed by atoms with Crippen molar-refractivity contribution in [2.45, 2.75) is 6.92 Å². The second-order valence-corrected chi connectivity index (χ2v) is 5.99. The number of hydrogen-bond donors (Lipinski definition) is 1. The largest absolute Gasteiger partial charge is 0.290 e. The van der Waals surface area contributed by atoms with Crippen molar-refractivity contribution in [3.05, 3.63) is 56.9 Å². The minimum absolute atomic E-state index is 0.179. The predicted molar refractivity (Wildman–Crippen MR) is 81.8 cm³/mol. The fraction of sp³-hybridized carbons (Fsp3) is 0.0667. The lowest BCUT2D eigenvalue weighted by Crippen LogP contribution is -2.13. The first kappa shape index (κ1) is 12.3. The zero-order valence-corrected chi connectivity index (χ0v) is 11.9. The van der Waals surface area contributed by atoms with Crippen LogP contribution in [0.2, 0.25) is 0 Å². The lowest BCUT2D eigenvalue weighted by atomic mass is 10.2. The highest BCUT2D eigenvalue weighted by molar-refractivity contribution is 7.10. The van der Waals surface area contributed by atoms with Gasteiger partial charge >= 0.3 is 0 Å². The van der Waals surface area contributed by atoms with E-state index in [0.29, 0.717) is 21.8 Å². The number of nitrogens with zero attached hydrogens (tertiary/aromatic N) is 2. The highest BCUT2D eigenvalue weighted by Gasteiger charge is 2.13. The molecular weight excluding hydrogens is 289 g/mol. The van der Waals surface area contributed by atoms with Gasteiger partial charge in [-0.05, 0) is 31.2 Å². The molecule has 1 aromatic carbocycles. The average molecular weight is 299 g/mol. The Labute approximate surface area is 122 Å². The zero-order chi connectivity index (χ0) is 14.6. The minimum Gasteiger partial charge on any atom is -0.290 e. The van der Waals surface area contributed by atoms with E-state index in [2.05, 4.69) is 10.1 Å². The molecule has 0 fully saturated rings. The molecule has 21 heavy (non-hydrogen) atoms. The van der Waals surface area contributed by atoms with Crippen molar-refractivity contribution in [1.82, 2.24) is 14.8 Å². The van der Waals surface area contributed by atoms with E-state index in [9.17, 15) is 9.18 Å². The Bertz CT molecular complexity index is 1040. The number of fused-ring (bicyclic) bond motifs is 3. The van der Waals surface area contributed by atoms with Gasteiger partial charge in [0.1, 0.15) is 5.82 Å². The van der Waals surface area contributed by atoms with Gasteiger partial charge in [-0.3, -0.25) is 14.9 Å². The number of rotatable bonds is 1. The first-order valence-electron chi connectivity index (χ1n) is 6.38. The molecule has 0 aliphatic rings. The summed E-state index contributed by atoms with van der Waals surface area (Å²) in [7, 11) is 0. The van der Waals surface area contributed by atoms with E-state index in [4.69, 9.17) is 0 Å². The third-order valence-corrected chi connectivity index (χ3v) is 4.31. The maximum Gasteiger partial charge on any atom is 0.280 e. The molecule has 0 saturated heterocycles. The monoisotopic (exact) mass is 299 g/mol. The second-order valence-electron chi connectivity index (χ2n) is 4.88. The third kappa shape index (κ3) is 1.80. The smallest absolute Gasteiger partial charge is 0.280 e. The molecule has 0 unspecified atom stereocenters. The maximum absolute atomic E-state index is 13.5. The summed E-state index contributed by atoms with van der Waals surface area (Å²) in [5.41, 5.74) is 1.86. The van der Waals surface area contributed by atoms with E-state index >= 15 is 0 Å². The van der Waals surface area contributed by atoms with Crippen LogP contribution in [0.1, 0.15) is 4.88 Å². The van der Waals surface area contributed by atoms with Gasteiger partial charge in [0, 0.05) is 21.8 Å². The van der Waals surface area contributed by atoms with Gasteiger partial charge in [0.2, 0.25) is 0 Å². The van der Waals surface area contributed by atoms with E-state index in [1.54, 1.807) is 17.4 Å². The molecule has 0 amide bonds. The number of aromatic nitrogens is 3. The SMILES string of the molecule is Cc1cc(-n2[nH]c3c(cnc4ccc(F)cc43)c2=O)cs1. The van der Waals surface area contributed by atoms with Crippen molar-refractivity contribution in [1.29, 1.82) is 0 Å². The number of aromatic amines is 1. The van der Waals surface area contributed by atoms with Crippen molar-refractivity contribution in [3.63, 3.8) is 0 Å². The second kappa shape index (κ2) is 4.26. The van der Waals surface area contributed by atoms with Crippen LogP contribution in [0.4, 0.5) is 4.39 Å². The first-order valence-corrected chi connectivity index (χ1v) is 7.26. The topological polar surface area (TPSA) is 50.7 Å². The third-order valence-electron chi connectivity index (χ3n) is 3.46. The fourth-order valence-electron chi connectivity index (χ4n) is 2.46. The van der Waals surface area contributed by atoms with Gasteiger partial charge in [-0.2, -0.15) is 0 Å². The number of nitrogens with one attached hydrogen (secondary N) is 1. The molecule has 0 aliphatic carbocycles. The molecule has 4 nitrogen and oxygen atoms in total. The van der Waals surface area contributed by atoms with Crippen molar-refractivity contribution < 1.29 is 4.39 Å². The number of hydrogen-bond acceptors (Lipinski definition) is 3. The van der Waals surface area contributed by atoms with E-state index in [1.165, 1.54) is 23.0 Å². The van der Waals surface area contributed by atoms with Crippen LogP contribution in [0.5, 0.6) is 0 Å². The molecule has 0 radical (unpaired) electrons. The standard InChI is InChI=1S/C15H10FN3OS/c1-8-4-10(7-21-8)19-15(20)12-6-17-13-3-2-9(16)5-11(13)14(12)18-19/h2-7,18H,1H3. The number of thiophene rings is 1. The van der Waals surface area contributed by atoms with Crippen molar-refractivity contribution in [3.8, 4) is 5.69 Å². The Kier molecular flexibility index (Phi) is 2.49. The van der Waals surface area contributed by atoms with Crippen LogP contribution in [0.15, 0.2) is 40.6 Å². The summed E-state index contributed by atoms with van der Waals surface area (Å²) in [5.74, 6) is -0.350. The number of benzene rings is 1. The summed E-state index contributed by atoms with van der Waals surface area (Å²) in [6.45, 7) is 1.98. The van der Waals surface area contributed by atoms with E-state index < -0.39 is 0 Å². The zero-order valence-electron chi connectivity index (χ0n) is 11.1. The number of aryl methyl sites for hydroxylation is 1.